The maximum absolute atomic E-state index is 11.5. The Morgan fingerprint density at radius 3 is 2.93 bits per heavy atom. The van der Waals surface area contributed by atoms with Crippen molar-refractivity contribution in [2.24, 2.45) is 5.73 Å². The minimum absolute atomic E-state index is 0.0337. The number of carbonyl (C=O) groups is 1. The summed E-state index contributed by atoms with van der Waals surface area (Å²) in [6, 6.07) is -0.159. The monoisotopic (exact) mass is 198 g/mol. The summed E-state index contributed by atoms with van der Waals surface area (Å²) in [6.45, 7) is 1.92. The molecule has 4 nitrogen and oxygen atoms in total. The second-order valence-corrected chi connectivity index (χ2v) is 4.24. The van der Waals surface area contributed by atoms with Crippen LogP contribution in [0.15, 0.2) is 0 Å². The average molecular weight is 198 g/mol. The number of hydrogen-bond donors (Lipinski definition) is 2. The predicted molar refractivity (Wildman–Crippen MR) is 52.7 cm³/mol. The van der Waals surface area contributed by atoms with Crippen LogP contribution < -0.4 is 11.1 Å². The Kier molecular flexibility index (Phi) is 2.74. The van der Waals surface area contributed by atoms with Crippen molar-refractivity contribution in [2.75, 3.05) is 0 Å². The first-order valence-electron chi connectivity index (χ1n) is 5.42. The Hall–Kier alpha value is -0.610. The molecule has 80 valence electrons. The van der Waals surface area contributed by atoms with Gasteiger partial charge in [-0.1, -0.05) is 6.92 Å². The van der Waals surface area contributed by atoms with E-state index in [0.717, 1.165) is 19.3 Å². The van der Waals surface area contributed by atoms with Crippen molar-refractivity contribution in [1.29, 1.82) is 0 Å². The number of rotatable bonds is 3. The third-order valence-electron chi connectivity index (χ3n) is 3.21. The second-order valence-electron chi connectivity index (χ2n) is 4.24. The lowest BCUT2D eigenvalue weighted by molar-refractivity contribution is -0.123. The molecule has 0 saturated carbocycles. The van der Waals surface area contributed by atoms with Gasteiger partial charge >= 0.3 is 0 Å². The Labute approximate surface area is 84.2 Å². The molecular formula is C10H18N2O2. The lowest BCUT2D eigenvalue weighted by atomic mass is 9.95. The highest BCUT2D eigenvalue weighted by Gasteiger charge is 2.41. The van der Waals surface area contributed by atoms with E-state index in [0.29, 0.717) is 12.5 Å². The van der Waals surface area contributed by atoms with Gasteiger partial charge in [0.1, 0.15) is 0 Å². The van der Waals surface area contributed by atoms with E-state index in [1.165, 1.54) is 0 Å². The van der Waals surface area contributed by atoms with E-state index in [1.54, 1.807) is 0 Å². The molecule has 0 aromatic rings. The fourth-order valence-electron chi connectivity index (χ4n) is 2.26. The number of ether oxygens (including phenoxy) is 1. The van der Waals surface area contributed by atoms with E-state index in [9.17, 15) is 4.79 Å². The average Bonchev–Trinajstić information content (AvgIpc) is 2.77. The van der Waals surface area contributed by atoms with E-state index < -0.39 is 0 Å². The number of amides is 1. The molecule has 0 spiro atoms. The van der Waals surface area contributed by atoms with Crippen LogP contribution in [0.4, 0.5) is 0 Å². The molecule has 2 fully saturated rings. The van der Waals surface area contributed by atoms with Crippen molar-refractivity contribution < 1.29 is 9.53 Å². The molecule has 2 heterocycles. The molecule has 2 bridgehead atoms. The molecule has 4 atom stereocenters. The number of nitrogens with one attached hydrogen (secondary N) is 1. The normalized spacial score (nSPS) is 37.1. The first kappa shape index (κ1) is 9.93. The van der Waals surface area contributed by atoms with Crippen molar-refractivity contribution in [2.45, 2.75) is 56.9 Å². The molecule has 0 radical (unpaired) electrons. The van der Waals surface area contributed by atoms with Crippen LogP contribution in [-0.2, 0) is 9.53 Å². The molecular weight excluding hydrogens is 180 g/mol. The van der Waals surface area contributed by atoms with E-state index in [2.05, 4.69) is 5.32 Å². The zero-order valence-corrected chi connectivity index (χ0v) is 8.53. The summed E-state index contributed by atoms with van der Waals surface area (Å²) in [5.74, 6) is -0.0337. The Morgan fingerprint density at radius 2 is 2.43 bits per heavy atom. The number of nitrogens with two attached hydrogens (primary N) is 1. The van der Waals surface area contributed by atoms with Crippen molar-refractivity contribution in [3.05, 3.63) is 0 Å². The van der Waals surface area contributed by atoms with Gasteiger partial charge < -0.3 is 15.8 Å². The fourth-order valence-corrected chi connectivity index (χ4v) is 2.26. The molecule has 1 amide bonds. The van der Waals surface area contributed by atoms with Crippen LogP contribution in [0.2, 0.25) is 0 Å². The third-order valence-corrected chi connectivity index (χ3v) is 3.21. The molecule has 4 heteroatoms. The van der Waals surface area contributed by atoms with Gasteiger partial charge in [-0.3, -0.25) is 4.79 Å². The maximum Gasteiger partial charge on any atom is 0.237 e. The van der Waals surface area contributed by atoms with E-state index in [1.807, 2.05) is 6.92 Å². The molecule has 2 aliphatic rings. The van der Waals surface area contributed by atoms with Gasteiger partial charge in [-0.2, -0.15) is 0 Å². The van der Waals surface area contributed by atoms with E-state index >= 15 is 0 Å². The summed E-state index contributed by atoms with van der Waals surface area (Å²) in [5.41, 5.74) is 5.64. The number of carbonyl (C=O) groups excluding carboxylic acids is 1. The van der Waals surface area contributed by atoms with Gasteiger partial charge in [0.2, 0.25) is 5.91 Å². The Balaban J connectivity index is 1.84. The number of fused-ring (bicyclic) bond motifs is 2. The molecule has 2 saturated heterocycles. The zero-order valence-electron chi connectivity index (χ0n) is 8.53. The first-order chi connectivity index (χ1) is 6.70. The van der Waals surface area contributed by atoms with Gasteiger partial charge in [0, 0.05) is 0 Å². The van der Waals surface area contributed by atoms with Crippen LogP contribution >= 0.6 is 0 Å². The lowest BCUT2D eigenvalue weighted by Crippen LogP contribution is -2.48. The smallest absolute Gasteiger partial charge is 0.237 e. The fraction of sp³-hybridized carbons (Fsp3) is 0.900. The van der Waals surface area contributed by atoms with Gasteiger partial charge in [0.15, 0.2) is 0 Å². The van der Waals surface area contributed by atoms with Gasteiger partial charge in [-0.25, -0.2) is 0 Å². The highest BCUT2D eigenvalue weighted by Crippen LogP contribution is 2.34. The quantitative estimate of drug-likeness (QED) is 0.679. The molecule has 0 aromatic heterocycles. The summed E-state index contributed by atoms with van der Waals surface area (Å²) < 4.78 is 5.64. The molecule has 3 unspecified atom stereocenters. The SMILES string of the molecule is CC[C@H](N)C(=O)NC1CC2CCC1O2. The summed E-state index contributed by atoms with van der Waals surface area (Å²) in [7, 11) is 0. The van der Waals surface area contributed by atoms with Crippen molar-refractivity contribution in [1.82, 2.24) is 5.32 Å². The molecule has 3 N–H and O–H groups in total. The van der Waals surface area contributed by atoms with E-state index in [-0.39, 0.29) is 24.1 Å². The van der Waals surface area contributed by atoms with Crippen LogP contribution in [0.3, 0.4) is 0 Å². The van der Waals surface area contributed by atoms with Crippen LogP contribution in [0, 0.1) is 0 Å². The second kappa shape index (κ2) is 3.87. The van der Waals surface area contributed by atoms with Crippen molar-refractivity contribution in [3.8, 4) is 0 Å². The predicted octanol–water partition coefficient (Wildman–Crippen LogP) is 0.160. The van der Waals surface area contributed by atoms with Gasteiger partial charge in [-0.15, -0.1) is 0 Å². The van der Waals surface area contributed by atoms with Crippen LogP contribution in [0.25, 0.3) is 0 Å². The molecule has 0 aromatic carbocycles. The molecule has 0 aliphatic carbocycles. The van der Waals surface area contributed by atoms with Gasteiger partial charge in [-0.05, 0) is 25.7 Å². The van der Waals surface area contributed by atoms with Gasteiger partial charge in [0.05, 0.1) is 24.3 Å². The summed E-state index contributed by atoms with van der Waals surface area (Å²) in [6.07, 6.45) is 4.50. The summed E-state index contributed by atoms with van der Waals surface area (Å²) in [4.78, 5) is 11.5. The summed E-state index contributed by atoms with van der Waals surface area (Å²) >= 11 is 0. The molecule has 2 rings (SSSR count). The molecule has 2 aliphatic heterocycles. The van der Waals surface area contributed by atoms with Gasteiger partial charge in [0.25, 0.3) is 0 Å². The van der Waals surface area contributed by atoms with Crippen LogP contribution in [0.5, 0.6) is 0 Å². The largest absolute Gasteiger partial charge is 0.373 e. The Bertz CT molecular complexity index is 232. The van der Waals surface area contributed by atoms with Crippen LogP contribution in [-0.4, -0.2) is 30.2 Å². The minimum Gasteiger partial charge on any atom is -0.373 e. The first-order valence-corrected chi connectivity index (χ1v) is 5.42. The molecule has 14 heavy (non-hydrogen) atoms. The highest BCUT2D eigenvalue weighted by molar-refractivity contribution is 5.81. The Morgan fingerprint density at radius 1 is 1.64 bits per heavy atom. The highest BCUT2D eigenvalue weighted by atomic mass is 16.5. The number of hydrogen-bond acceptors (Lipinski definition) is 3. The third kappa shape index (κ3) is 1.77. The maximum atomic E-state index is 11.5. The van der Waals surface area contributed by atoms with Crippen molar-refractivity contribution in [3.63, 3.8) is 0 Å². The topological polar surface area (TPSA) is 64.4 Å². The zero-order chi connectivity index (χ0) is 10.1. The minimum atomic E-state index is -0.367. The van der Waals surface area contributed by atoms with Crippen molar-refractivity contribution >= 4 is 5.91 Å². The standard InChI is InChI=1S/C10H18N2O2/c1-2-7(11)10(13)12-8-5-6-3-4-9(8)14-6/h6-9H,2-5,11H2,1H3,(H,12,13)/t6?,7-,8?,9?/m0/s1. The lowest BCUT2D eigenvalue weighted by Gasteiger charge is -2.21. The van der Waals surface area contributed by atoms with Crippen LogP contribution in [0.1, 0.15) is 32.6 Å². The summed E-state index contributed by atoms with van der Waals surface area (Å²) in [5, 5.41) is 2.97. The van der Waals surface area contributed by atoms with E-state index in [4.69, 9.17) is 10.5 Å².